The number of allylic oxidation sites excluding steroid dienone is 1. The molecule has 6 rings (SSSR count). The fraction of sp³-hybridized carbons (Fsp3) is 0.188. The quantitative estimate of drug-likeness (QED) is 0.359. The van der Waals surface area contributed by atoms with Gasteiger partial charge < -0.3 is 25.4 Å². The lowest BCUT2D eigenvalue weighted by atomic mass is 9.79. The Bertz CT molecular complexity index is 1520. The number of anilines is 1. The van der Waals surface area contributed by atoms with E-state index in [2.05, 4.69) is 21.6 Å². The first kappa shape index (κ1) is 27.2. The summed E-state index contributed by atoms with van der Waals surface area (Å²) in [6.07, 6.45) is 8.48. The molecular weight excluding hydrogens is 526 g/mol. The molecule has 3 aromatic carbocycles. The normalized spacial score (nSPS) is 19.4. The third-order valence-electron chi connectivity index (χ3n) is 7.47. The van der Waals surface area contributed by atoms with Crippen molar-refractivity contribution < 1.29 is 19.4 Å². The molecule has 2 aliphatic heterocycles. The Hall–Kier alpha value is -4.33. The molecule has 1 saturated heterocycles. The number of benzene rings is 3. The van der Waals surface area contributed by atoms with E-state index in [0.717, 1.165) is 22.4 Å². The molecule has 2 atom stereocenters. The molecule has 0 radical (unpaired) electrons. The number of phenolic OH excluding ortho intramolecular Hbond substituents is 1. The van der Waals surface area contributed by atoms with Crippen molar-refractivity contribution in [3.05, 3.63) is 120 Å². The zero-order chi connectivity index (χ0) is 26.8. The number of carbonyl (C=O) groups is 2. The summed E-state index contributed by atoms with van der Waals surface area (Å²) in [6.45, 7) is 1.77. The highest BCUT2D eigenvalue weighted by Gasteiger charge is 2.39. The lowest BCUT2D eigenvalue weighted by molar-refractivity contribution is 0.0454. The summed E-state index contributed by atoms with van der Waals surface area (Å²) in [5.74, 6) is -0.948. The molecule has 0 spiro atoms. The van der Waals surface area contributed by atoms with E-state index < -0.39 is 0 Å². The van der Waals surface area contributed by atoms with Gasteiger partial charge in [-0.05, 0) is 41.3 Å². The summed E-state index contributed by atoms with van der Waals surface area (Å²) >= 11 is 0. The van der Waals surface area contributed by atoms with Gasteiger partial charge in [-0.1, -0.05) is 60.7 Å². The lowest BCUT2D eigenvalue weighted by Gasteiger charge is -2.42. The summed E-state index contributed by atoms with van der Waals surface area (Å²) in [5, 5.41) is 17.0. The van der Waals surface area contributed by atoms with Crippen LogP contribution in [0.4, 0.5) is 5.69 Å². The Kier molecular flexibility index (Phi) is 8.05. The highest BCUT2D eigenvalue weighted by Crippen LogP contribution is 2.36. The fourth-order valence-corrected chi connectivity index (χ4v) is 5.60. The smallest absolute Gasteiger partial charge is 0.256 e. The summed E-state index contributed by atoms with van der Waals surface area (Å²) in [7, 11) is 0. The molecule has 1 amide bonds. The second kappa shape index (κ2) is 11.8. The molecule has 7 nitrogen and oxygen atoms in total. The topological polar surface area (TPSA) is 90.9 Å². The minimum Gasteiger partial charge on any atom is -0.507 e. The van der Waals surface area contributed by atoms with Crippen molar-refractivity contribution in [1.82, 2.24) is 10.2 Å². The minimum atomic E-state index is -0.369. The number of halogens is 1. The van der Waals surface area contributed by atoms with Crippen molar-refractivity contribution in [1.29, 1.82) is 0 Å². The van der Waals surface area contributed by atoms with Gasteiger partial charge in [0.15, 0.2) is 5.78 Å². The van der Waals surface area contributed by atoms with Crippen LogP contribution in [-0.4, -0.2) is 47.5 Å². The summed E-state index contributed by atoms with van der Waals surface area (Å²) < 4.78 is 5.63. The number of phenols is 1. The van der Waals surface area contributed by atoms with Gasteiger partial charge in [0.2, 0.25) is 0 Å². The summed E-state index contributed by atoms with van der Waals surface area (Å²) in [4.78, 5) is 29.3. The number of morpholine rings is 1. The average molecular weight is 556 g/mol. The second-order valence-corrected chi connectivity index (χ2v) is 9.84. The van der Waals surface area contributed by atoms with E-state index in [1.165, 1.54) is 6.07 Å². The van der Waals surface area contributed by atoms with Gasteiger partial charge in [-0.15, -0.1) is 12.4 Å². The summed E-state index contributed by atoms with van der Waals surface area (Å²) in [6, 6.07) is 21.7. The number of aromatic hydroxyl groups is 1. The Morgan fingerprint density at radius 2 is 1.77 bits per heavy atom. The van der Waals surface area contributed by atoms with Crippen LogP contribution in [0.2, 0.25) is 0 Å². The van der Waals surface area contributed by atoms with E-state index in [-0.39, 0.29) is 47.4 Å². The van der Waals surface area contributed by atoms with Crippen molar-refractivity contribution in [3.63, 3.8) is 0 Å². The van der Waals surface area contributed by atoms with Crippen LogP contribution in [-0.2, 0) is 4.74 Å². The number of fused-ring (bicyclic) bond motifs is 3. The SMILES string of the molecule is Cl.O=C(Nc1ccc(C(=O)C2CC=CC3=CNC=C4COCCN4C32)c(O)c1)c1ccccc1-c1ccccc1. The number of ether oxygens (including phenoxy) is 1. The van der Waals surface area contributed by atoms with E-state index in [9.17, 15) is 14.7 Å². The molecule has 0 saturated carbocycles. The standard InChI is InChI=1S/C32H29N3O4.ClH/c36-29-17-23(34-32(38)26-11-5-4-10-25(26)21-7-2-1-3-8-21)13-14-27(29)31(37)28-12-6-9-22-18-33-19-24-20-39-16-15-35(24)30(22)28;/h1-11,13-14,17-19,28,30,33,36H,12,15-16,20H2,(H,34,38);1H. The maximum Gasteiger partial charge on any atom is 0.256 e. The van der Waals surface area contributed by atoms with Gasteiger partial charge in [-0.25, -0.2) is 0 Å². The predicted molar refractivity (Wildman–Crippen MR) is 157 cm³/mol. The van der Waals surface area contributed by atoms with Crippen molar-refractivity contribution in [2.45, 2.75) is 12.5 Å². The number of nitrogens with one attached hydrogen (secondary N) is 2. The molecule has 1 fully saturated rings. The molecule has 0 bridgehead atoms. The first-order valence-electron chi connectivity index (χ1n) is 13.1. The molecular formula is C32H30ClN3O4. The van der Waals surface area contributed by atoms with Crippen molar-refractivity contribution in [2.24, 2.45) is 5.92 Å². The zero-order valence-electron chi connectivity index (χ0n) is 21.7. The van der Waals surface area contributed by atoms with Gasteiger partial charge in [0.25, 0.3) is 5.91 Å². The molecule has 3 aromatic rings. The van der Waals surface area contributed by atoms with Crippen LogP contribution in [0.5, 0.6) is 5.75 Å². The van der Waals surface area contributed by atoms with Gasteiger partial charge >= 0.3 is 0 Å². The van der Waals surface area contributed by atoms with E-state index >= 15 is 0 Å². The number of hydrogen-bond acceptors (Lipinski definition) is 6. The van der Waals surface area contributed by atoms with Crippen LogP contribution < -0.4 is 10.6 Å². The Morgan fingerprint density at radius 1 is 0.975 bits per heavy atom. The predicted octanol–water partition coefficient (Wildman–Crippen LogP) is 5.52. The van der Waals surface area contributed by atoms with Crippen molar-refractivity contribution in [2.75, 3.05) is 25.1 Å². The Morgan fingerprint density at radius 3 is 2.60 bits per heavy atom. The van der Waals surface area contributed by atoms with Crippen molar-refractivity contribution >= 4 is 29.8 Å². The zero-order valence-corrected chi connectivity index (χ0v) is 22.6. The van der Waals surface area contributed by atoms with Crippen LogP contribution in [0.15, 0.2) is 109 Å². The average Bonchev–Trinajstić information content (AvgIpc) is 3.17. The molecule has 3 aliphatic rings. The van der Waals surface area contributed by atoms with Crippen LogP contribution >= 0.6 is 12.4 Å². The Labute approximate surface area is 239 Å². The van der Waals surface area contributed by atoms with Gasteiger partial charge in [0.1, 0.15) is 5.75 Å². The number of nitrogens with zero attached hydrogens (tertiary/aromatic N) is 1. The number of ketones is 1. The number of carbonyl (C=O) groups excluding carboxylic acids is 2. The minimum absolute atomic E-state index is 0. The first-order chi connectivity index (χ1) is 19.1. The monoisotopic (exact) mass is 555 g/mol. The van der Waals surface area contributed by atoms with E-state index in [0.29, 0.717) is 37.4 Å². The van der Waals surface area contributed by atoms with Crippen molar-refractivity contribution in [3.8, 4) is 16.9 Å². The van der Waals surface area contributed by atoms with Crippen LogP contribution in [0.3, 0.4) is 0 Å². The van der Waals surface area contributed by atoms with Gasteiger partial charge in [0, 0.05) is 36.3 Å². The largest absolute Gasteiger partial charge is 0.507 e. The second-order valence-electron chi connectivity index (χ2n) is 9.84. The van der Waals surface area contributed by atoms with Crippen LogP contribution in [0, 0.1) is 5.92 Å². The Balaban J connectivity index is 0.00000323. The molecule has 1 aliphatic carbocycles. The molecule has 204 valence electrons. The van der Waals surface area contributed by atoms with Crippen LogP contribution in [0.25, 0.3) is 11.1 Å². The third-order valence-corrected chi connectivity index (χ3v) is 7.47. The molecule has 2 heterocycles. The van der Waals surface area contributed by atoms with Gasteiger partial charge in [-0.3, -0.25) is 9.59 Å². The molecule has 3 N–H and O–H groups in total. The summed E-state index contributed by atoms with van der Waals surface area (Å²) in [5.41, 5.74) is 4.96. The van der Waals surface area contributed by atoms with Crippen LogP contribution in [0.1, 0.15) is 27.1 Å². The maximum absolute atomic E-state index is 13.8. The first-order valence-corrected chi connectivity index (χ1v) is 13.1. The van der Waals surface area contributed by atoms with Gasteiger partial charge in [0.05, 0.1) is 36.4 Å². The number of rotatable bonds is 5. The van der Waals surface area contributed by atoms with E-state index in [1.807, 2.05) is 67.0 Å². The number of Topliss-reactive ketones (excluding diaryl/α,β-unsaturated/α-hetero) is 1. The van der Waals surface area contributed by atoms with Gasteiger partial charge in [-0.2, -0.15) is 0 Å². The fourth-order valence-electron chi connectivity index (χ4n) is 5.60. The van der Waals surface area contributed by atoms with E-state index in [1.54, 1.807) is 18.2 Å². The lowest BCUT2D eigenvalue weighted by Crippen LogP contribution is -2.48. The molecule has 8 heteroatoms. The highest BCUT2D eigenvalue weighted by molar-refractivity contribution is 6.09. The number of hydrogen-bond donors (Lipinski definition) is 3. The highest BCUT2D eigenvalue weighted by atomic mass is 35.5. The maximum atomic E-state index is 13.8. The number of amides is 1. The molecule has 40 heavy (non-hydrogen) atoms. The molecule has 0 aromatic heterocycles. The van der Waals surface area contributed by atoms with E-state index in [4.69, 9.17) is 4.74 Å². The third kappa shape index (κ3) is 5.26. The molecule has 2 unspecified atom stereocenters.